The van der Waals surface area contributed by atoms with Gasteiger partial charge >= 0.3 is 0 Å². The second kappa shape index (κ2) is 14.4. The van der Waals surface area contributed by atoms with Gasteiger partial charge in [-0.05, 0) is 63.5 Å². The standard InChI is InChI=1S/C37H45N5O8S2/c1-21(2)30-20-51-34(39-30)29-17-32(27-13-10-24(48-4)15-28(27)38-29)50-25-16-31-33(43)40-37(36(45)41-52(46,47)26-11-12-26)18-23(37)9-7-5-6-8-14-49-22(3)35(44)42(31)19-25/h7,9-10,13,15,17,20-23,25-26,31H,5-6,8,11-12,14,16,18-19H2,1-4H3,(H,40,43)(H,41,45)/b9-7-/t22-,23-,25-,31+,37-/m1/s1. The number of carbonyl (C=O) groups excluding carboxylic acids is 3. The second-order valence-electron chi connectivity index (χ2n) is 14.5. The van der Waals surface area contributed by atoms with Crippen molar-refractivity contribution in [1.29, 1.82) is 0 Å². The number of ether oxygens (including phenoxy) is 3. The molecule has 3 amide bonds. The Hall–Kier alpha value is -4.08. The van der Waals surface area contributed by atoms with Crippen LogP contribution in [0.1, 0.15) is 77.3 Å². The largest absolute Gasteiger partial charge is 0.497 e. The molecule has 15 heteroatoms. The Morgan fingerprint density at radius 3 is 2.71 bits per heavy atom. The summed E-state index contributed by atoms with van der Waals surface area (Å²) >= 11 is 1.49. The molecule has 13 nitrogen and oxygen atoms in total. The fourth-order valence-corrected chi connectivity index (χ4v) is 9.19. The van der Waals surface area contributed by atoms with Crippen LogP contribution in [0.25, 0.3) is 21.6 Å². The summed E-state index contributed by atoms with van der Waals surface area (Å²) in [5.74, 6) is -0.659. The van der Waals surface area contributed by atoms with E-state index in [4.69, 9.17) is 24.2 Å². The highest BCUT2D eigenvalue weighted by molar-refractivity contribution is 7.91. The minimum absolute atomic E-state index is 0.0905. The van der Waals surface area contributed by atoms with Crippen LogP contribution in [0.4, 0.5) is 0 Å². The van der Waals surface area contributed by atoms with Crippen LogP contribution in [0.2, 0.25) is 0 Å². The van der Waals surface area contributed by atoms with Crippen molar-refractivity contribution in [3.63, 3.8) is 0 Å². The normalized spacial score (nSPS) is 27.6. The number of carbonyl (C=O) groups is 3. The monoisotopic (exact) mass is 751 g/mol. The number of thiazole rings is 1. The number of nitrogens with zero attached hydrogens (tertiary/aromatic N) is 3. The predicted molar refractivity (Wildman–Crippen MR) is 195 cm³/mol. The van der Waals surface area contributed by atoms with E-state index in [-0.39, 0.29) is 37.1 Å². The maximum atomic E-state index is 14.2. The number of sulfonamides is 1. The molecule has 0 radical (unpaired) electrons. The molecule has 278 valence electrons. The van der Waals surface area contributed by atoms with Crippen molar-refractivity contribution >= 4 is 50.0 Å². The van der Waals surface area contributed by atoms with Crippen LogP contribution in [0.5, 0.6) is 11.5 Å². The molecule has 7 rings (SSSR count). The van der Waals surface area contributed by atoms with E-state index in [2.05, 4.69) is 23.9 Å². The van der Waals surface area contributed by atoms with Crippen molar-refractivity contribution in [3.8, 4) is 22.2 Å². The van der Waals surface area contributed by atoms with E-state index in [9.17, 15) is 22.8 Å². The van der Waals surface area contributed by atoms with E-state index in [1.807, 2.05) is 41.8 Å². The van der Waals surface area contributed by atoms with Crippen LogP contribution in [0.3, 0.4) is 0 Å². The van der Waals surface area contributed by atoms with Gasteiger partial charge in [0, 0.05) is 41.8 Å². The van der Waals surface area contributed by atoms with Crippen molar-refractivity contribution in [3.05, 3.63) is 47.5 Å². The third kappa shape index (κ3) is 7.40. The molecule has 2 aliphatic carbocycles. The molecule has 2 aromatic heterocycles. The van der Waals surface area contributed by atoms with Crippen LogP contribution in [0, 0.1) is 5.92 Å². The van der Waals surface area contributed by atoms with E-state index >= 15 is 0 Å². The highest BCUT2D eigenvalue weighted by Gasteiger charge is 2.62. The molecule has 2 aliphatic heterocycles. The quantitative estimate of drug-likeness (QED) is 0.314. The Balaban J connectivity index is 1.20. The SMILES string of the molecule is COc1ccc2c(O[C@@H]3C[C@H]4C(=O)N[C@]5(C(=O)NS(=O)(=O)C6CC6)C[C@H]5/C=C\CCCCO[C@H](C)C(=O)N4C3)cc(-c3nc(C(C)C)cs3)nc2c1. The number of allylic oxidation sites excluding steroid dienone is 1. The Labute approximate surface area is 307 Å². The lowest BCUT2D eigenvalue weighted by molar-refractivity contribution is -0.147. The lowest BCUT2D eigenvalue weighted by Gasteiger charge is -2.28. The molecular formula is C37H45N5O8S2. The summed E-state index contributed by atoms with van der Waals surface area (Å²) in [5.41, 5.74) is 0.779. The van der Waals surface area contributed by atoms with Gasteiger partial charge in [0.25, 0.3) is 11.8 Å². The molecule has 4 aliphatic rings. The Morgan fingerprint density at radius 1 is 1.17 bits per heavy atom. The van der Waals surface area contributed by atoms with Crippen molar-refractivity contribution in [1.82, 2.24) is 24.9 Å². The number of amides is 3. The van der Waals surface area contributed by atoms with Crippen molar-refractivity contribution in [2.24, 2.45) is 5.92 Å². The molecule has 0 spiro atoms. The minimum Gasteiger partial charge on any atom is -0.497 e. The molecule has 5 atom stereocenters. The van der Waals surface area contributed by atoms with Gasteiger partial charge in [0.05, 0.1) is 30.1 Å². The van der Waals surface area contributed by atoms with E-state index in [1.54, 1.807) is 14.0 Å². The molecule has 2 N–H and O–H groups in total. The molecule has 1 aromatic carbocycles. The number of methoxy groups -OCH3 is 1. The van der Waals surface area contributed by atoms with E-state index in [0.29, 0.717) is 42.2 Å². The smallest absolute Gasteiger partial charge is 0.259 e. The summed E-state index contributed by atoms with van der Waals surface area (Å²) in [6.45, 7) is 6.31. The molecule has 3 fully saturated rings. The topological polar surface area (TPSA) is 166 Å². The zero-order chi connectivity index (χ0) is 36.8. The van der Waals surface area contributed by atoms with Crippen LogP contribution in [-0.4, -0.2) is 90.3 Å². The maximum Gasteiger partial charge on any atom is 0.259 e. The summed E-state index contributed by atoms with van der Waals surface area (Å²) in [7, 11) is -2.26. The number of benzene rings is 1. The average molecular weight is 752 g/mol. The van der Waals surface area contributed by atoms with Gasteiger partial charge in [0.2, 0.25) is 15.9 Å². The maximum absolute atomic E-state index is 14.2. The molecule has 0 bridgehead atoms. The first-order valence-corrected chi connectivity index (χ1v) is 20.4. The van der Waals surface area contributed by atoms with Crippen molar-refractivity contribution in [2.45, 2.75) is 101 Å². The summed E-state index contributed by atoms with van der Waals surface area (Å²) in [6, 6.07) is 6.35. The molecule has 0 unspecified atom stereocenters. The van der Waals surface area contributed by atoms with Gasteiger partial charge in [-0.2, -0.15) is 0 Å². The molecule has 2 saturated carbocycles. The number of fused-ring (bicyclic) bond motifs is 3. The predicted octanol–water partition coefficient (Wildman–Crippen LogP) is 4.47. The fraction of sp³-hybridized carbons (Fsp3) is 0.541. The first kappa shape index (κ1) is 36.3. The summed E-state index contributed by atoms with van der Waals surface area (Å²) in [5, 5.41) is 5.78. The van der Waals surface area contributed by atoms with Crippen LogP contribution >= 0.6 is 11.3 Å². The fourth-order valence-electron chi connectivity index (χ4n) is 6.89. The van der Waals surface area contributed by atoms with Gasteiger partial charge in [-0.25, -0.2) is 18.4 Å². The highest BCUT2D eigenvalue weighted by atomic mass is 32.2. The van der Waals surface area contributed by atoms with E-state index < -0.39 is 50.9 Å². The van der Waals surface area contributed by atoms with E-state index in [0.717, 1.165) is 35.4 Å². The Morgan fingerprint density at radius 2 is 1.98 bits per heavy atom. The molecule has 4 heterocycles. The third-order valence-corrected chi connectivity index (χ3v) is 13.0. The first-order chi connectivity index (χ1) is 24.9. The Bertz CT molecular complexity index is 2010. The average Bonchev–Trinajstić information content (AvgIpc) is 3.99. The van der Waals surface area contributed by atoms with Gasteiger partial charge in [0.15, 0.2) is 0 Å². The molecule has 3 aromatic rings. The highest BCUT2D eigenvalue weighted by Crippen LogP contribution is 2.46. The van der Waals surface area contributed by atoms with E-state index in [1.165, 1.54) is 16.2 Å². The number of hydrogen-bond acceptors (Lipinski definition) is 11. The molecule has 52 heavy (non-hydrogen) atoms. The number of nitrogens with one attached hydrogen (secondary N) is 2. The molecule has 1 saturated heterocycles. The lowest BCUT2D eigenvalue weighted by Crippen LogP contribution is -2.57. The summed E-state index contributed by atoms with van der Waals surface area (Å²) in [6.07, 6.45) is 6.05. The van der Waals surface area contributed by atoms with Gasteiger partial charge < -0.3 is 24.4 Å². The van der Waals surface area contributed by atoms with Gasteiger partial charge in [0.1, 0.15) is 46.0 Å². The summed E-state index contributed by atoms with van der Waals surface area (Å²) in [4.78, 5) is 53.0. The first-order valence-electron chi connectivity index (χ1n) is 18.0. The zero-order valence-electron chi connectivity index (χ0n) is 29.8. The minimum atomic E-state index is -3.85. The zero-order valence-corrected chi connectivity index (χ0v) is 31.4. The van der Waals surface area contributed by atoms with Crippen LogP contribution in [-0.2, 0) is 29.1 Å². The van der Waals surface area contributed by atoms with Crippen LogP contribution < -0.4 is 19.5 Å². The number of hydrogen-bond donors (Lipinski definition) is 2. The van der Waals surface area contributed by atoms with Gasteiger partial charge in [-0.3, -0.25) is 19.1 Å². The van der Waals surface area contributed by atoms with Crippen molar-refractivity contribution < 1.29 is 37.0 Å². The third-order valence-electron chi connectivity index (χ3n) is 10.3. The number of aromatic nitrogens is 2. The number of rotatable bonds is 8. The van der Waals surface area contributed by atoms with Crippen LogP contribution in [0.15, 0.2) is 41.8 Å². The summed E-state index contributed by atoms with van der Waals surface area (Å²) < 4.78 is 45.9. The van der Waals surface area contributed by atoms with Crippen molar-refractivity contribution in [2.75, 3.05) is 20.3 Å². The van der Waals surface area contributed by atoms with Gasteiger partial charge in [-0.15, -0.1) is 11.3 Å². The second-order valence-corrected chi connectivity index (χ2v) is 17.3. The lowest BCUT2D eigenvalue weighted by atomic mass is 10.1. The van der Waals surface area contributed by atoms with Gasteiger partial charge in [-0.1, -0.05) is 26.0 Å². The molecular weight excluding hydrogens is 707 g/mol. The Kier molecular flexibility index (Phi) is 10.0. The number of pyridine rings is 1.